The summed E-state index contributed by atoms with van der Waals surface area (Å²) in [5, 5.41) is 12.3. The highest BCUT2D eigenvalue weighted by Crippen LogP contribution is 2.45. The number of aromatic amines is 1. The van der Waals surface area contributed by atoms with Gasteiger partial charge in [-0.15, -0.1) is 0 Å². The van der Waals surface area contributed by atoms with E-state index in [1.165, 1.54) is 23.1 Å². The average molecular weight is 471 g/mol. The van der Waals surface area contributed by atoms with Gasteiger partial charge in [0.15, 0.2) is 0 Å². The maximum absolute atomic E-state index is 14.2. The number of aliphatic hydroxyl groups excluding tert-OH is 1. The lowest BCUT2D eigenvalue weighted by Gasteiger charge is -2.25. The second kappa shape index (κ2) is 8.43. The van der Waals surface area contributed by atoms with Gasteiger partial charge in [0.1, 0.15) is 17.3 Å². The second-order valence-electron chi connectivity index (χ2n) is 8.58. The van der Waals surface area contributed by atoms with Crippen molar-refractivity contribution in [1.29, 1.82) is 0 Å². The van der Waals surface area contributed by atoms with Crippen LogP contribution in [-0.4, -0.2) is 28.9 Å². The Kier molecular flexibility index (Phi) is 5.40. The van der Waals surface area contributed by atoms with Crippen molar-refractivity contribution in [3.05, 3.63) is 101 Å². The van der Waals surface area contributed by atoms with E-state index >= 15 is 0 Å². The third-order valence-corrected chi connectivity index (χ3v) is 6.44. The summed E-state index contributed by atoms with van der Waals surface area (Å²) < 4.78 is 19.5. The van der Waals surface area contributed by atoms with Crippen molar-refractivity contribution < 1.29 is 23.8 Å². The maximum Gasteiger partial charge on any atom is 0.300 e. The molecule has 0 saturated carbocycles. The van der Waals surface area contributed by atoms with E-state index in [0.717, 1.165) is 16.5 Å². The summed E-state index contributed by atoms with van der Waals surface area (Å²) in [6.45, 7) is 3.62. The minimum Gasteiger partial charge on any atom is -0.507 e. The van der Waals surface area contributed by atoms with Crippen molar-refractivity contribution in [1.82, 2.24) is 4.98 Å². The number of benzene rings is 3. The van der Waals surface area contributed by atoms with Crippen LogP contribution in [0.4, 0.5) is 10.1 Å². The highest BCUT2D eigenvalue weighted by atomic mass is 19.1. The van der Waals surface area contributed by atoms with Gasteiger partial charge in [0.2, 0.25) is 0 Å². The van der Waals surface area contributed by atoms with E-state index < -0.39 is 23.5 Å². The van der Waals surface area contributed by atoms with Gasteiger partial charge in [-0.3, -0.25) is 14.5 Å². The molecule has 2 N–H and O–H groups in total. The standard InChI is InChI=1S/C28H23FN2O4/c1-15-12-23(35-3)16(2)11-20(15)26(32)24-25(21-14-30-22-10-5-4-9-19(21)22)31(28(34)27(24)33)18-8-6-7-17(29)13-18/h4-14,25,30,32H,1-3H3/b26-24+. The van der Waals surface area contributed by atoms with E-state index in [4.69, 9.17) is 4.74 Å². The minimum atomic E-state index is -0.963. The number of halogens is 1. The number of ketones is 1. The van der Waals surface area contributed by atoms with E-state index in [1.807, 2.05) is 31.2 Å². The van der Waals surface area contributed by atoms with Crippen molar-refractivity contribution in [2.45, 2.75) is 19.9 Å². The molecule has 0 bridgehead atoms. The summed E-state index contributed by atoms with van der Waals surface area (Å²) in [6, 6.07) is 15.5. The molecule has 1 aliphatic rings. The summed E-state index contributed by atoms with van der Waals surface area (Å²) in [7, 11) is 1.56. The van der Waals surface area contributed by atoms with Crippen LogP contribution in [0.5, 0.6) is 5.75 Å². The zero-order chi connectivity index (χ0) is 24.9. The van der Waals surface area contributed by atoms with Gasteiger partial charge in [0.25, 0.3) is 11.7 Å². The molecule has 1 saturated heterocycles. The number of Topliss-reactive ketones (excluding diaryl/α,β-unsaturated/α-hetero) is 1. The number of nitrogens with one attached hydrogen (secondary N) is 1. The molecule has 35 heavy (non-hydrogen) atoms. The van der Waals surface area contributed by atoms with Crippen LogP contribution in [0.3, 0.4) is 0 Å². The van der Waals surface area contributed by atoms with E-state index in [9.17, 15) is 19.1 Å². The topological polar surface area (TPSA) is 82.6 Å². The highest BCUT2D eigenvalue weighted by Gasteiger charge is 2.48. The van der Waals surface area contributed by atoms with Gasteiger partial charge in [0, 0.05) is 33.9 Å². The third kappa shape index (κ3) is 3.56. The number of nitrogens with zero attached hydrogens (tertiary/aromatic N) is 1. The molecular formula is C28H23FN2O4. The predicted molar refractivity (Wildman–Crippen MR) is 132 cm³/mol. The number of rotatable bonds is 4. The van der Waals surface area contributed by atoms with Crippen LogP contribution in [0.1, 0.15) is 28.3 Å². The average Bonchev–Trinajstić information content (AvgIpc) is 3.38. The fourth-order valence-electron chi connectivity index (χ4n) is 4.75. The molecule has 0 radical (unpaired) electrons. The van der Waals surface area contributed by atoms with Gasteiger partial charge >= 0.3 is 0 Å². The van der Waals surface area contributed by atoms with Crippen LogP contribution >= 0.6 is 0 Å². The van der Waals surface area contributed by atoms with Crippen molar-refractivity contribution in [2.24, 2.45) is 0 Å². The molecule has 1 aromatic heterocycles. The van der Waals surface area contributed by atoms with E-state index in [-0.39, 0.29) is 17.0 Å². The van der Waals surface area contributed by atoms with Crippen LogP contribution < -0.4 is 9.64 Å². The number of methoxy groups -OCH3 is 1. The number of hydrogen-bond acceptors (Lipinski definition) is 4. The smallest absolute Gasteiger partial charge is 0.300 e. The lowest BCUT2D eigenvalue weighted by Crippen LogP contribution is -2.29. The summed E-state index contributed by atoms with van der Waals surface area (Å²) in [4.78, 5) is 31.2. The quantitative estimate of drug-likeness (QED) is 0.232. The van der Waals surface area contributed by atoms with Gasteiger partial charge in [-0.1, -0.05) is 24.3 Å². The van der Waals surface area contributed by atoms with E-state index in [0.29, 0.717) is 22.4 Å². The maximum atomic E-state index is 14.2. The van der Waals surface area contributed by atoms with E-state index in [1.54, 1.807) is 38.4 Å². The molecule has 1 aliphatic heterocycles. The molecule has 0 spiro atoms. The first-order chi connectivity index (χ1) is 16.8. The minimum absolute atomic E-state index is 0.0586. The Morgan fingerprint density at radius 3 is 2.54 bits per heavy atom. The molecule has 2 heterocycles. The van der Waals surface area contributed by atoms with Crippen molar-refractivity contribution in [3.8, 4) is 5.75 Å². The number of fused-ring (bicyclic) bond motifs is 1. The first-order valence-corrected chi connectivity index (χ1v) is 11.1. The monoisotopic (exact) mass is 470 g/mol. The number of aromatic nitrogens is 1. The molecule has 1 atom stereocenters. The lowest BCUT2D eigenvalue weighted by molar-refractivity contribution is -0.132. The Bertz CT molecular complexity index is 1540. The van der Waals surface area contributed by atoms with Crippen LogP contribution in [0.2, 0.25) is 0 Å². The Balaban J connectivity index is 1.80. The first kappa shape index (κ1) is 22.4. The predicted octanol–water partition coefficient (Wildman–Crippen LogP) is 5.56. The van der Waals surface area contributed by atoms with E-state index in [2.05, 4.69) is 4.98 Å². The van der Waals surface area contributed by atoms with Crippen LogP contribution in [0.25, 0.3) is 16.7 Å². The number of hydrogen-bond donors (Lipinski definition) is 2. The number of ether oxygens (including phenoxy) is 1. The Morgan fingerprint density at radius 1 is 1.03 bits per heavy atom. The lowest BCUT2D eigenvalue weighted by atomic mass is 9.92. The molecule has 176 valence electrons. The van der Waals surface area contributed by atoms with Crippen molar-refractivity contribution in [2.75, 3.05) is 12.0 Å². The Morgan fingerprint density at radius 2 is 1.80 bits per heavy atom. The Hall–Kier alpha value is -4.39. The zero-order valence-corrected chi connectivity index (χ0v) is 19.4. The molecule has 1 unspecified atom stereocenters. The number of carbonyl (C=O) groups excluding carboxylic acids is 2. The number of aliphatic hydroxyl groups is 1. The fraction of sp³-hybridized carbons (Fsp3) is 0.143. The van der Waals surface area contributed by atoms with Crippen molar-refractivity contribution >= 4 is 34.0 Å². The van der Waals surface area contributed by atoms with Gasteiger partial charge in [-0.05, 0) is 61.4 Å². The third-order valence-electron chi connectivity index (χ3n) is 6.44. The fourth-order valence-corrected chi connectivity index (χ4v) is 4.75. The second-order valence-corrected chi connectivity index (χ2v) is 8.58. The van der Waals surface area contributed by atoms with Gasteiger partial charge in [0.05, 0.1) is 18.7 Å². The number of aryl methyl sites for hydroxylation is 2. The summed E-state index contributed by atoms with van der Waals surface area (Å²) >= 11 is 0. The molecule has 0 aliphatic carbocycles. The molecule has 1 amide bonds. The van der Waals surface area contributed by atoms with Crippen LogP contribution in [0.15, 0.2) is 72.4 Å². The summed E-state index contributed by atoms with van der Waals surface area (Å²) in [5.74, 6) is -1.86. The zero-order valence-electron chi connectivity index (χ0n) is 19.4. The molecule has 1 fully saturated rings. The number of H-pyrrole nitrogens is 1. The number of para-hydroxylation sites is 1. The van der Waals surface area contributed by atoms with Gasteiger partial charge < -0.3 is 14.8 Å². The normalized spacial score (nSPS) is 17.4. The SMILES string of the molecule is COc1cc(C)c(/C(O)=C2\C(=O)C(=O)N(c3cccc(F)c3)C2c2c[nH]c3ccccc23)cc1C. The number of carbonyl (C=O) groups is 2. The van der Waals surface area contributed by atoms with Crippen LogP contribution in [-0.2, 0) is 9.59 Å². The van der Waals surface area contributed by atoms with Gasteiger partial charge in [-0.25, -0.2) is 4.39 Å². The van der Waals surface area contributed by atoms with Crippen molar-refractivity contribution in [3.63, 3.8) is 0 Å². The number of anilines is 1. The molecule has 7 heteroatoms. The summed E-state index contributed by atoms with van der Waals surface area (Å²) in [6.07, 6.45) is 1.72. The molecule has 5 rings (SSSR count). The summed E-state index contributed by atoms with van der Waals surface area (Å²) in [5.41, 5.74) is 3.46. The first-order valence-electron chi connectivity index (χ1n) is 11.1. The largest absolute Gasteiger partial charge is 0.507 e. The Labute approximate surface area is 201 Å². The number of amides is 1. The van der Waals surface area contributed by atoms with Crippen LogP contribution in [0, 0.1) is 19.7 Å². The molecule has 3 aromatic carbocycles. The molecular weight excluding hydrogens is 447 g/mol. The molecule has 4 aromatic rings. The molecule has 6 nitrogen and oxygen atoms in total. The highest BCUT2D eigenvalue weighted by molar-refractivity contribution is 6.52. The van der Waals surface area contributed by atoms with Gasteiger partial charge in [-0.2, -0.15) is 0 Å².